The second kappa shape index (κ2) is 5.45. The fourth-order valence-electron chi connectivity index (χ4n) is 2.25. The number of nitrogens with two attached hydrogens (primary N) is 1. The predicted molar refractivity (Wildman–Crippen MR) is 70.3 cm³/mol. The molecule has 0 saturated carbocycles. The number of rotatable bonds is 2. The number of hydrogen-bond acceptors (Lipinski definition) is 4. The first-order valence-electron chi connectivity index (χ1n) is 6.59. The van der Waals surface area contributed by atoms with Crippen molar-refractivity contribution >= 4 is 6.09 Å². The molecule has 0 aliphatic carbocycles. The largest absolute Gasteiger partial charge is 0.444 e. The first-order chi connectivity index (χ1) is 8.17. The lowest BCUT2D eigenvalue weighted by atomic mass is 9.88. The Labute approximate surface area is 109 Å². The molecule has 1 aliphatic heterocycles. The molecule has 1 saturated heterocycles. The topological polar surface area (TPSA) is 75.8 Å². The number of likely N-dealkylation sites (tertiary alicyclic amines) is 1. The molecule has 0 aromatic rings. The summed E-state index contributed by atoms with van der Waals surface area (Å²) >= 11 is 0. The van der Waals surface area contributed by atoms with Gasteiger partial charge in [-0.1, -0.05) is 0 Å². The number of aliphatic hydroxyl groups is 1. The summed E-state index contributed by atoms with van der Waals surface area (Å²) in [6.45, 7) is 7.95. The highest BCUT2D eigenvalue weighted by Crippen LogP contribution is 2.27. The van der Waals surface area contributed by atoms with Gasteiger partial charge < -0.3 is 20.5 Å². The van der Waals surface area contributed by atoms with Crippen LogP contribution in [-0.4, -0.2) is 46.4 Å². The van der Waals surface area contributed by atoms with E-state index < -0.39 is 11.2 Å². The van der Waals surface area contributed by atoms with Crippen molar-refractivity contribution in [1.82, 2.24) is 4.90 Å². The highest BCUT2D eigenvalue weighted by atomic mass is 16.6. The SMILES string of the molecule is CC(C)(C)OC(=O)N1CCCCC1C(C)(O)CN. The van der Waals surface area contributed by atoms with Crippen molar-refractivity contribution in [3.63, 3.8) is 0 Å². The number of carbonyl (C=O) groups excluding carboxylic acids is 1. The van der Waals surface area contributed by atoms with Gasteiger partial charge in [-0.2, -0.15) is 0 Å². The van der Waals surface area contributed by atoms with Gasteiger partial charge in [-0.3, -0.25) is 0 Å². The molecule has 2 atom stereocenters. The molecule has 18 heavy (non-hydrogen) atoms. The third kappa shape index (κ3) is 3.85. The third-order valence-electron chi connectivity index (χ3n) is 3.26. The predicted octanol–water partition coefficient (Wildman–Crippen LogP) is 1.49. The molecule has 5 nitrogen and oxygen atoms in total. The minimum atomic E-state index is -1.06. The second-order valence-electron chi connectivity index (χ2n) is 6.25. The first kappa shape index (κ1) is 15.2. The Hall–Kier alpha value is -0.810. The lowest BCUT2D eigenvalue weighted by Crippen LogP contribution is -2.59. The van der Waals surface area contributed by atoms with Gasteiger partial charge in [0.1, 0.15) is 5.60 Å². The number of piperidine rings is 1. The summed E-state index contributed by atoms with van der Waals surface area (Å²) in [4.78, 5) is 13.8. The Morgan fingerprint density at radius 1 is 1.39 bits per heavy atom. The van der Waals surface area contributed by atoms with Gasteiger partial charge in [-0.05, 0) is 47.0 Å². The van der Waals surface area contributed by atoms with Crippen molar-refractivity contribution in [2.45, 2.75) is 64.2 Å². The molecule has 3 N–H and O–H groups in total. The van der Waals surface area contributed by atoms with E-state index in [2.05, 4.69) is 0 Å². The molecular formula is C13H26N2O3. The van der Waals surface area contributed by atoms with E-state index in [-0.39, 0.29) is 18.7 Å². The van der Waals surface area contributed by atoms with Gasteiger partial charge in [0, 0.05) is 13.1 Å². The van der Waals surface area contributed by atoms with Crippen LogP contribution >= 0.6 is 0 Å². The number of amides is 1. The lowest BCUT2D eigenvalue weighted by molar-refractivity contribution is -0.0540. The van der Waals surface area contributed by atoms with Crippen LogP contribution in [0.1, 0.15) is 47.0 Å². The zero-order chi connectivity index (χ0) is 14.0. The summed E-state index contributed by atoms with van der Waals surface area (Å²) in [6.07, 6.45) is 2.35. The van der Waals surface area contributed by atoms with Crippen molar-refractivity contribution in [2.75, 3.05) is 13.1 Å². The summed E-state index contributed by atoms with van der Waals surface area (Å²) < 4.78 is 5.38. The summed E-state index contributed by atoms with van der Waals surface area (Å²) in [5.74, 6) is 0. The molecule has 1 fully saturated rings. The Morgan fingerprint density at radius 2 is 2.00 bits per heavy atom. The number of ether oxygens (including phenoxy) is 1. The summed E-state index contributed by atoms with van der Waals surface area (Å²) in [5, 5.41) is 10.3. The molecule has 5 heteroatoms. The second-order valence-corrected chi connectivity index (χ2v) is 6.25. The summed E-state index contributed by atoms with van der Waals surface area (Å²) in [7, 11) is 0. The molecule has 1 rings (SSSR count). The molecule has 0 spiro atoms. The smallest absolute Gasteiger partial charge is 0.410 e. The van der Waals surface area contributed by atoms with Crippen molar-refractivity contribution in [3.8, 4) is 0 Å². The normalized spacial score (nSPS) is 24.6. The quantitative estimate of drug-likeness (QED) is 0.786. The van der Waals surface area contributed by atoms with E-state index in [1.165, 1.54) is 0 Å². The maximum absolute atomic E-state index is 12.1. The molecule has 1 aliphatic rings. The Kier molecular flexibility index (Phi) is 4.61. The standard InChI is InChI=1S/C13H26N2O3/c1-12(2,3)18-11(16)15-8-6-5-7-10(15)13(4,17)9-14/h10,17H,5-9,14H2,1-4H3. The van der Waals surface area contributed by atoms with E-state index in [1.807, 2.05) is 20.8 Å². The van der Waals surface area contributed by atoms with E-state index in [0.717, 1.165) is 19.3 Å². The Morgan fingerprint density at radius 3 is 2.50 bits per heavy atom. The molecule has 0 radical (unpaired) electrons. The number of carbonyl (C=O) groups is 1. The fourth-order valence-corrected chi connectivity index (χ4v) is 2.25. The van der Waals surface area contributed by atoms with Crippen LogP contribution in [-0.2, 0) is 4.74 Å². The molecule has 106 valence electrons. The Balaban J connectivity index is 2.80. The third-order valence-corrected chi connectivity index (χ3v) is 3.26. The highest BCUT2D eigenvalue weighted by molar-refractivity contribution is 5.69. The van der Waals surface area contributed by atoms with Gasteiger partial charge in [0.25, 0.3) is 0 Å². The van der Waals surface area contributed by atoms with E-state index in [0.29, 0.717) is 6.54 Å². The molecule has 2 unspecified atom stereocenters. The van der Waals surface area contributed by atoms with E-state index in [4.69, 9.17) is 10.5 Å². The number of nitrogens with zero attached hydrogens (tertiary/aromatic N) is 1. The molecule has 1 heterocycles. The van der Waals surface area contributed by atoms with Gasteiger partial charge >= 0.3 is 6.09 Å². The lowest BCUT2D eigenvalue weighted by Gasteiger charge is -2.43. The van der Waals surface area contributed by atoms with E-state index in [9.17, 15) is 9.90 Å². The summed E-state index contributed by atoms with van der Waals surface area (Å²) in [6, 6.07) is -0.258. The van der Waals surface area contributed by atoms with Crippen molar-refractivity contribution in [3.05, 3.63) is 0 Å². The van der Waals surface area contributed by atoms with Gasteiger partial charge in [0.05, 0.1) is 11.6 Å². The average molecular weight is 258 g/mol. The van der Waals surface area contributed by atoms with Crippen LogP contribution in [0.5, 0.6) is 0 Å². The number of hydrogen-bond donors (Lipinski definition) is 2. The van der Waals surface area contributed by atoms with Crippen molar-refractivity contribution < 1.29 is 14.6 Å². The summed E-state index contributed by atoms with van der Waals surface area (Å²) in [5.41, 5.74) is 4.02. The van der Waals surface area contributed by atoms with Crippen molar-refractivity contribution in [1.29, 1.82) is 0 Å². The Bertz CT molecular complexity index is 297. The van der Waals surface area contributed by atoms with Crippen LogP contribution in [0.3, 0.4) is 0 Å². The van der Waals surface area contributed by atoms with Crippen molar-refractivity contribution in [2.24, 2.45) is 5.73 Å². The van der Waals surface area contributed by atoms with Gasteiger partial charge in [0.15, 0.2) is 0 Å². The molecular weight excluding hydrogens is 232 g/mol. The van der Waals surface area contributed by atoms with E-state index >= 15 is 0 Å². The van der Waals surface area contributed by atoms with Crippen LogP contribution in [0.2, 0.25) is 0 Å². The van der Waals surface area contributed by atoms with Gasteiger partial charge in [-0.15, -0.1) is 0 Å². The highest BCUT2D eigenvalue weighted by Gasteiger charge is 2.40. The van der Waals surface area contributed by atoms with Crippen LogP contribution < -0.4 is 5.73 Å². The molecule has 0 aromatic carbocycles. The molecule has 1 amide bonds. The fraction of sp³-hybridized carbons (Fsp3) is 0.923. The molecule has 0 aromatic heterocycles. The first-order valence-corrected chi connectivity index (χ1v) is 6.59. The van der Waals surface area contributed by atoms with Crippen LogP contribution in [0, 0.1) is 0 Å². The van der Waals surface area contributed by atoms with Crippen LogP contribution in [0.25, 0.3) is 0 Å². The van der Waals surface area contributed by atoms with Gasteiger partial charge in [0.2, 0.25) is 0 Å². The van der Waals surface area contributed by atoms with Crippen LogP contribution in [0.4, 0.5) is 4.79 Å². The van der Waals surface area contributed by atoms with Gasteiger partial charge in [-0.25, -0.2) is 4.79 Å². The monoisotopic (exact) mass is 258 g/mol. The molecule has 0 bridgehead atoms. The zero-order valence-electron chi connectivity index (χ0n) is 11.9. The maximum atomic E-state index is 12.1. The van der Waals surface area contributed by atoms with Crippen LogP contribution in [0.15, 0.2) is 0 Å². The van der Waals surface area contributed by atoms with E-state index in [1.54, 1.807) is 11.8 Å². The average Bonchev–Trinajstić information content (AvgIpc) is 2.27. The maximum Gasteiger partial charge on any atom is 0.410 e. The zero-order valence-corrected chi connectivity index (χ0v) is 11.9. The minimum absolute atomic E-state index is 0.136. The minimum Gasteiger partial charge on any atom is -0.444 e.